The van der Waals surface area contributed by atoms with Crippen molar-refractivity contribution in [3.05, 3.63) is 106 Å². The van der Waals surface area contributed by atoms with E-state index in [1.54, 1.807) is 17.7 Å². The number of aliphatic carboxylic acids is 4. The molecule has 1 aromatic heterocycles. The van der Waals surface area contributed by atoms with Gasteiger partial charge < -0.3 is 31.1 Å². The Labute approximate surface area is 245 Å². The number of carboxylic acid groups (broad SMARTS) is 4. The molecule has 220 valence electrons. The van der Waals surface area contributed by atoms with Crippen LogP contribution in [0.3, 0.4) is 0 Å². The standard InChI is InChI=1S/C21H22N4S.2C4H4O4/c1-15-5-3-6-19(13-15)24-14-23-16(2)17-8-10-18(11-9-17)25-21(22)20-7-4-12-26-20;2*5-3(6)1-2-4(7)8/h3-14,16H,1-2H3,(H2,22,25)(H,23,24);2*1-2H,(H,5,6)(H,7,8)/b;2*2-1+. The number of rotatable bonds is 10. The van der Waals surface area contributed by atoms with E-state index in [1.165, 1.54) is 5.56 Å². The molecule has 1 atom stereocenters. The summed E-state index contributed by atoms with van der Waals surface area (Å²) >= 11 is 1.55. The van der Waals surface area contributed by atoms with E-state index in [9.17, 15) is 19.2 Å². The summed E-state index contributed by atoms with van der Waals surface area (Å²) in [7, 11) is 0. The van der Waals surface area contributed by atoms with Crippen LogP contribution in [0.25, 0.3) is 0 Å². The second kappa shape index (κ2) is 18.7. The zero-order chi connectivity index (χ0) is 31.5. The maximum Gasteiger partial charge on any atom is 0.328 e. The average molecular weight is 595 g/mol. The lowest BCUT2D eigenvalue weighted by molar-refractivity contribution is -0.134. The first kappa shape index (κ1) is 34.5. The van der Waals surface area contributed by atoms with Gasteiger partial charge in [0.1, 0.15) is 5.84 Å². The van der Waals surface area contributed by atoms with Gasteiger partial charge in [0.2, 0.25) is 0 Å². The van der Waals surface area contributed by atoms with Crippen molar-refractivity contribution in [3.8, 4) is 0 Å². The Balaban J connectivity index is 0.000000454. The summed E-state index contributed by atoms with van der Waals surface area (Å²) < 4.78 is 0. The Bertz CT molecular complexity index is 1370. The molecule has 0 saturated carbocycles. The van der Waals surface area contributed by atoms with Crippen molar-refractivity contribution in [2.75, 3.05) is 5.32 Å². The molecule has 0 aliphatic rings. The Hall–Kier alpha value is -5.56. The van der Waals surface area contributed by atoms with Crippen LogP contribution in [-0.2, 0) is 19.2 Å². The molecule has 3 aromatic rings. The molecule has 0 bridgehead atoms. The highest BCUT2D eigenvalue weighted by Crippen LogP contribution is 2.18. The van der Waals surface area contributed by atoms with E-state index in [0.29, 0.717) is 30.1 Å². The summed E-state index contributed by atoms with van der Waals surface area (Å²) in [4.78, 5) is 43.6. The minimum absolute atomic E-state index is 0.148. The summed E-state index contributed by atoms with van der Waals surface area (Å²) in [6, 6.07) is 20.2. The van der Waals surface area contributed by atoms with Crippen molar-refractivity contribution < 1.29 is 39.6 Å². The molecule has 13 heteroatoms. The molecule has 42 heavy (non-hydrogen) atoms. The first-order valence-corrected chi connectivity index (χ1v) is 12.9. The second-order valence-electron chi connectivity index (χ2n) is 8.10. The SMILES string of the molecule is Cc1cccc(/N=C/NC(C)c2ccc(NC(=N)c3cccs3)cc2)c1.O=C(O)/C=C/C(=O)O.O=C(O)/C=C/C(=O)O. The molecule has 1 unspecified atom stereocenters. The molecule has 0 fully saturated rings. The van der Waals surface area contributed by atoms with Crippen LogP contribution in [0.1, 0.15) is 29.0 Å². The monoisotopic (exact) mass is 594 g/mol. The van der Waals surface area contributed by atoms with Crippen LogP contribution in [0.2, 0.25) is 0 Å². The predicted octanol–water partition coefficient (Wildman–Crippen LogP) is 4.93. The fourth-order valence-corrected chi connectivity index (χ4v) is 3.42. The van der Waals surface area contributed by atoms with Crippen molar-refractivity contribution in [2.45, 2.75) is 19.9 Å². The summed E-state index contributed by atoms with van der Waals surface area (Å²) in [5.41, 5.74) is 4.21. The molecule has 0 aliphatic carbocycles. The van der Waals surface area contributed by atoms with Crippen molar-refractivity contribution in [2.24, 2.45) is 4.99 Å². The number of carboxylic acids is 4. The van der Waals surface area contributed by atoms with Crippen molar-refractivity contribution in [3.63, 3.8) is 0 Å². The number of aryl methyl sites for hydroxylation is 1. The Morgan fingerprint density at radius 1 is 0.833 bits per heavy atom. The number of aliphatic imine (C=N–C) groups is 1. The van der Waals surface area contributed by atoms with E-state index in [2.05, 4.69) is 47.7 Å². The third-order valence-electron chi connectivity index (χ3n) is 4.72. The summed E-state index contributed by atoms with van der Waals surface area (Å²) in [6.45, 7) is 4.15. The van der Waals surface area contributed by atoms with Crippen molar-refractivity contribution >= 4 is 58.8 Å². The lowest BCUT2D eigenvalue weighted by Gasteiger charge is -2.13. The van der Waals surface area contributed by atoms with E-state index in [4.69, 9.17) is 25.8 Å². The highest BCUT2D eigenvalue weighted by Gasteiger charge is 2.05. The fraction of sp³-hybridized carbons (Fsp3) is 0.103. The third-order valence-corrected chi connectivity index (χ3v) is 5.61. The Morgan fingerprint density at radius 3 is 1.83 bits per heavy atom. The number of thiophene rings is 1. The van der Waals surface area contributed by atoms with Crippen molar-refractivity contribution in [1.82, 2.24) is 5.32 Å². The molecule has 0 aliphatic heterocycles. The van der Waals surface area contributed by atoms with Gasteiger partial charge in [-0.3, -0.25) is 5.41 Å². The van der Waals surface area contributed by atoms with Gasteiger partial charge in [-0.05, 0) is 60.7 Å². The predicted molar refractivity (Wildman–Crippen MR) is 161 cm³/mol. The molecular weight excluding hydrogens is 564 g/mol. The van der Waals surface area contributed by atoms with Gasteiger partial charge in [-0.25, -0.2) is 24.2 Å². The zero-order valence-electron chi connectivity index (χ0n) is 22.6. The van der Waals surface area contributed by atoms with Gasteiger partial charge in [-0.1, -0.05) is 30.3 Å². The summed E-state index contributed by atoms with van der Waals surface area (Å²) in [6.07, 6.45) is 3.98. The lowest BCUT2D eigenvalue weighted by atomic mass is 10.1. The Morgan fingerprint density at radius 2 is 1.38 bits per heavy atom. The minimum Gasteiger partial charge on any atom is -0.478 e. The first-order chi connectivity index (χ1) is 19.9. The topological polar surface area (TPSA) is 209 Å². The second-order valence-corrected chi connectivity index (χ2v) is 9.05. The highest BCUT2D eigenvalue weighted by atomic mass is 32.1. The van der Waals surface area contributed by atoms with E-state index in [-0.39, 0.29) is 6.04 Å². The van der Waals surface area contributed by atoms with E-state index in [1.807, 2.05) is 47.8 Å². The summed E-state index contributed by atoms with van der Waals surface area (Å²) in [5, 5.41) is 47.7. The van der Waals surface area contributed by atoms with Crippen LogP contribution >= 0.6 is 11.3 Å². The van der Waals surface area contributed by atoms with Crippen LogP contribution in [0.4, 0.5) is 11.4 Å². The molecule has 0 radical (unpaired) electrons. The van der Waals surface area contributed by atoms with Crippen LogP contribution in [0.5, 0.6) is 0 Å². The van der Waals surface area contributed by atoms with Gasteiger partial charge in [-0.2, -0.15) is 0 Å². The van der Waals surface area contributed by atoms with Crippen LogP contribution < -0.4 is 10.6 Å². The number of amidine groups is 1. The van der Waals surface area contributed by atoms with Gasteiger partial charge in [0.05, 0.1) is 16.9 Å². The van der Waals surface area contributed by atoms with Gasteiger partial charge in [0.15, 0.2) is 0 Å². The number of hydrogen-bond acceptors (Lipinski definition) is 7. The average Bonchev–Trinajstić information content (AvgIpc) is 3.47. The molecule has 1 heterocycles. The maximum atomic E-state index is 9.55. The molecule has 3 rings (SSSR count). The highest BCUT2D eigenvalue weighted by molar-refractivity contribution is 7.12. The molecule has 2 aromatic carbocycles. The number of hydrogen-bond donors (Lipinski definition) is 7. The molecule has 12 nitrogen and oxygen atoms in total. The maximum absolute atomic E-state index is 9.55. The zero-order valence-corrected chi connectivity index (χ0v) is 23.4. The number of anilines is 1. The van der Waals surface area contributed by atoms with Gasteiger partial charge in [0.25, 0.3) is 0 Å². The minimum atomic E-state index is -1.26. The Kier molecular flexibility index (Phi) is 15.3. The van der Waals surface area contributed by atoms with Gasteiger partial charge >= 0.3 is 23.9 Å². The quantitative estimate of drug-likeness (QED) is 0.0956. The number of nitrogens with zero attached hydrogens (tertiary/aromatic N) is 1. The smallest absolute Gasteiger partial charge is 0.328 e. The number of carbonyl (C=O) groups is 4. The number of nitrogens with one attached hydrogen (secondary N) is 3. The van der Waals surface area contributed by atoms with Gasteiger partial charge in [-0.15, -0.1) is 11.3 Å². The number of benzene rings is 2. The van der Waals surface area contributed by atoms with Gasteiger partial charge in [0, 0.05) is 36.0 Å². The van der Waals surface area contributed by atoms with Crippen LogP contribution in [-0.4, -0.2) is 56.5 Å². The third kappa shape index (κ3) is 15.8. The van der Waals surface area contributed by atoms with Crippen LogP contribution in [0.15, 0.2) is 95.3 Å². The van der Waals surface area contributed by atoms with E-state index < -0.39 is 23.9 Å². The summed E-state index contributed by atoms with van der Waals surface area (Å²) in [5.74, 6) is -4.61. The molecule has 7 N–H and O–H groups in total. The molecule has 0 amide bonds. The normalized spacial score (nSPS) is 11.1. The van der Waals surface area contributed by atoms with Crippen LogP contribution in [0, 0.1) is 12.3 Å². The first-order valence-electron chi connectivity index (χ1n) is 12.0. The van der Waals surface area contributed by atoms with E-state index >= 15 is 0 Å². The van der Waals surface area contributed by atoms with Crippen molar-refractivity contribution in [1.29, 1.82) is 5.41 Å². The largest absolute Gasteiger partial charge is 0.478 e. The molecule has 0 spiro atoms. The molecule has 0 saturated heterocycles. The fourth-order valence-electron chi connectivity index (χ4n) is 2.80. The molecular formula is C29H30N4O8S. The lowest BCUT2D eigenvalue weighted by Crippen LogP contribution is -2.16. The van der Waals surface area contributed by atoms with E-state index in [0.717, 1.165) is 21.8 Å².